The Balaban J connectivity index is 1.15. The van der Waals surface area contributed by atoms with E-state index in [-0.39, 0.29) is 0 Å². The third-order valence-electron chi connectivity index (χ3n) is 11.3. The lowest BCUT2D eigenvalue weighted by Gasteiger charge is -2.28. The molecule has 10 aromatic rings. The highest BCUT2D eigenvalue weighted by molar-refractivity contribution is 6.23. The molecule has 0 fully saturated rings. The van der Waals surface area contributed by atoms with Crippen LogP contribution in [-0.4, -0.2) is 9.13 Å². The number of benzene rings is 8. The van der Waals surface area contributed by atoms with Crippen molar-refractivity contribution in [1.29, 1.82) is 0 Å². The van der Waals surface area contributed by atoms with Gasteiger partial charge in [0, 0.05) is 55.4 Å². The van der Waals surface area contributed by atoms with Gasteiger partial charge in [0.15, 0.2) is 0 Å². The molecule has 260 valence electrons. The number of allylic oxidation sites excluding steroid dienone is 3. The van der Waals surface area contributed by atoms with E-state index in [4.69, 9.17) is 0 Å². The molecule has 0 amide bonds. The summed E-state index contributed by atoms with van der Waals surface area (Å²) in [4.78, 5) is 2.40. The van der Waals surface area contributed by atoms with Crippen molar-refractivity contribution in [1.82, 2.24) is 9.13 Å². The minimum absolute atomic E-state index is 1.03. The summed E-state index contributed by atoms with van der Waals surface area (Å²) in [7, 11) is 0. The number of fused-ring (bicyclic) bond motifs is 8. The van der Waals surface area contributed by atoms with Crippen LogP contribution in [0.2, 0.25) is 0 Å². The van der Waals surface area contributed by atoms with Crippen molar-refractivity contribution in [2.24, 2.45) is 0 Å². The highest BCUT2D eigenvalue weighted by atomic mass is 15.1. The van der Waals surface area contributed by atoms with Gasteiger partial charge >= 0.3 is 0 Å². The molecule has 2 heterocycles. The van der Waals surface area contributed by atoms with Crippen molar-refractivity contribution < 1.29 is 0 Å². The van der Waals surface area contributed by atoms with E-state index >= 15 is 0 Å². The SMILES string of the molecule is C1=CC(N(c2ccc(-c3ccccc3)cc2)c2cccc(-n3c4ccccc4c4cc5c6ccc7ccccc7c6n(-c6ccccc6)c5cc43)c2)=CCC1. The summed E-state index contributed by atoms with van der Waals surface area (Å²) in [5.74, 6) is 0. The lowest BCUT2D eigenvalue weighted by Crippen LogP contribution is -2.16. The second-order valence-electron chi connectivity index (χ2n) is 14.5. The fourth-order valence-electron chi connectivity index (χ4n) is 8.78. The fraction of sp³-hybridized carbons (Fsp3) is 0.0385. The van der Waals surface area contributed by atoms with Gasteiger partial charge in [-0.05, 0) is 96.1 Å². The Bertz CT molecular complexity index is 3130. The molecule has 3 nitrogen and oxygen atoms in total. The molecule has 0 N–H and O–H groups in total. The Kier molecular flexibility index (Phi) is 7.31. The summed E-state index contributed by atoms with van der Waals surface area (Å²) in [6, 6.07) is 66.5. The van der Waals surface area contributed by atoms with Crippen LogP contribution in [0, 0.1) is 0 Å². The lowest BCUT2D eigenvalue weighted by atomic mass is 10.0. The molecule has 0 bridgehead atoms. The fourth-order valence-corrected chi connectivity index (χ4v) is 8.78. The number of aromatic nitrogens is 2. The molecule has 0 atom stereocenters. The maximum absolute atomic E-state index is 2.47. The monoisotopic (exact) mass is 703 g/mol. The Hall–Kier alpha value is -7.10. The van der Waals surface area contributed by atoms with Crippen molar-refractivity contribution in [3.63, 3.8) is 0 Å². The first-order valence-electron chi connectivity index (χ1n) is 19.2. The van der Waals surface area contributed by atoms with E-state index in [1.807, 2.05) is 0 Å². The Morgan fingerprint density at radius 3 is 1.91 bits per heavy atom. The number of hydrogen-bond acceptors (Lipinski definition) is 1. The van der Waals surface area contributed by atoms with Gasteiger partial charge in [0.2, 0.25) is 0 Å². The summed E-state index contributed by atoms with van der Waals surface area (Å²) in [5, 5.41) is 7.52. The largest absolute Gasteiger partial charge is 0.311 e. The predicted octanol–water partition coefficient (Wildman–Crippen LogP) is 14.1. The first-order valence-corrected chi connectivity index (χ1v) is 19.2. The molecule has 2 aromatic heterocycles. The average molecular weight is 704 g/mol. The molecule has 0 unspecified atom stereocenters. The van der Waals surface area contributed by atoms with Crippen LogP contribution in [-0.2, 0) is 0 Å². The second kappa shape index (κ2) is 12.8. The summed E-state index contributed by atoms with van der Waals surface area (Å²) in [5.41, 5.74) is 13.0. The maximum atomic E-state index is 2.47. The molecule has 11 rings (SSSR count). The minimum Gasteiger partial charge on any atom is -0.311 e. The van der Waals surface area contributed by atoms with E-state index < -0.39 is 0 Å². The smallest absolute Gasteiger partial charge is 0.0619 e. The van der Waals surface area contributed by atoms with Crippen molar-refractivity contribution in [3.05, 3.63) is 206 Å². The molecular formula is C52H37N3. The Labute approximate surface area is 319 Å². The number of anilines is 2. The van der Waals surface area contributed by atoms with Crippen molar-refractivity contribution >= 4 is 65.8 Å². The van der Waals surface area contributed by atoms with Gasteiger partial charge in [0.25, 0.3) is 0 Å². The van der Waals surface area contributed by atoms with Crippen LogP contribution in [0.4, 0.5) is 11.4 Å². The van der Waals surface area contributed by atoms with Gasteiger partial charge in [-0.2, -0.15) is 0 Å². The number of rotatable bonds is 6. The van der Waals surface area contributed by atoms with E-state index in [0.717, 1.165) is 35.6 Å². The number of hydrogen-bond donors (Lipinski definition) is 0. The van der Waals surface area contributed by atoms with E-state index in [0.29, 0.717) is 0 Å². The zero-order valence-corrected chi connectivity index (χ0v) is 30.3. The third kappa shape index (κ3) is 5.12. The van der Waals surface area contributed by atoms with Crippen molar-refractivity contribution in [2.75, 3.05) is 4.90 Å². The Morgan fingerprint density at radius 1 is 0.400 bits per heavy atom. The molecule has 0 aliphatic heterocycles. The first kappa shape index (κ1) is 31.4. The molecule has 8 aromatic carbocycles. The number of para-hydroxylation sites is 2. The van der Waals surface area contributed by atoms with Gasteiger partial charge in [-0.15, -0.1) is 0 Å². The van der Waals surface area contributed by atoms with E-state index in [1.165, 1.54) is 71.2 Å². The second-order valence-corrected chi connectivity index (χ2v) is 14.5. The van der Waals surface area contributed by atoms with Crippen LogP contribution in [0.3, 0.4) is 0 Å². The van der Waals surface area contributed by atoms with Gasteiger partial charge in [-0.3, -0.25) is 0 Å². The molecule has 0 saturated carbocycles. The highest BCUT2D eigenvalue weighted by Crippen LogP contribution is 2.42. The third-order valence-corrected chi connectivity index (χ3v) is 11.3. The van der Waals surface area contributed by atoms with Crippen LogP contribution < -0.4 is 4.90 Å². The average Bonchev–Trinajstić information content (AvgIpc) is 3.76. The standard InChI is InChI=1S/C52H37N3/c1-4-15-36(16-5-1)37-27-30-41(31-28-37)53(39-18-6-2-7-19-39)42-22-14-23-43(33-42)54-49-26-13-12-25-45(49)47-34-48-46-32-29-38-17-10-11-24-44(38)52(46)55(51(48)35-50(47)54)40-20-8-3-9-21-40/h1,3-6,8-35H,2,7H2. The normalized spacial score (nSPS) is 13.0. The lowest BCUT2D eigenvalue weighted by molar-refractivity contribution is 0.996. The quantitative estimate of drug-likeness (QED) is 0.168. The molecule has 3 heteroatoms. The maximum Gasteiger partial charge on any atom is 0.0619 e. The number of nitrogens with zero attached hydrogens (tertiary/aromatic N) is 3. The molecule has 0 spiro atoms. The van der Waals surface area contributed by atoms with Gasteiger partial charge in [-0.1, -0.05) is 133 Å². The molecule has 1 aliphatic rings. The van der Waals surface area contributed by atoms with Crippen LogP contribution in [0.1, 0.15) is 12.8 Å². The van der Waals surface area contributed by atoms with Gasteiger partial charge in [0.05, 0.1) is 22.1 Å². The zero-order chi connectivity index (χ0) is 36.3. The molecular weight excluding hydrogens is 667 g/mol. The van der Waals surface area contributed by atoms with Crippen LogP contribution in [0.5, 0.6) is 0 Å². The summed E-state index contributed by atoms with van der Waals surface area (Å²) in [6.45, 7) is 0. The summed E-state index contributed by atoms with van der Waals surface area (Å²) in [6.07, 6.45) is 9.01. The summed E-state index contributed by atoms with van der Waals surface area (Å²) >= 11 is 0. The first-order chi connectivity index (χ1) is 27.3. The predicted molar refractivity (Wildman–Crippen MR) is 233 cm³/mol. The highest BCUT2D eigenvalue weighted by Gasteiger charge is 2.21. The van der Waals surface area contributed by atoms with Crippen LogP contribution >= 0.6 is 0 Å². The topological polar surface area (TPSA) is 13.1 Å². The van der Waals surface area contributed by atoms with E-state index in [1.54, 1.807) is 0 Å². The molecule has 1 aliphatic carbocycles. The van der Waals surface area contributed by atoms with Gasteiger partial charge in [-0.25, -0.2) is 0 Å². The van der Waals surface area contributed by atoms with Gasteiger partial charge < -0.3 is 14.0 Å². The molecule has 0 saturated heterocycles. The van der Waals surface area contributed by atoms with Gasteiger partial charge in [0.1, 0.15) is 0 Å². The van der Waals surface area contributed by atoms with Crippen LogP contribution in [0.25, 0.3) is 76.9 Å². The molecule has 55 heavy (non-hydrogen) atoms. The minimum atomic E-state index is 1.03. The van der Waals surface area contributed by atoms with Crippen molar-refractivity contribution in [3.8, 4) is 22.5 Å². The van der Waals surface area contributed by atoms with E-state index in [9.17, 15) is 0 Å². The molecule has 0 radical (unpaired) electrons. The van der Waals surface area contributed by atoms with Crippen LogP contribution in [0.15, 0.2) is 206 Å². The van der Waals surface area contributed by atoms with E-state index in [2.05, 4.69) is 214 Å². The van der Waals surface area contributed by atoms with Crippen molar-refractivity contribution in [2.45, 2.75) is 12.8 Å². The summed E-state index contributed by atoms with van der Waals surface area (Å²) < 4.78 is 4.92. The Morgan fingerprint density at radius 2 is 1.09 bits per heavy atom. The zero-order valence-electron chi connectivity index (χ0n) is 30.3.